The second-order valence-corrected chi connectivity index (χ2v) is 10.1. The lowest BCUT2D eigenvalue weighted by Crippen LogP contribution is -2.29. The third kappa shape index (κ3) is 5.48. The van der Waals surface area contributed by atoms with Gasteiger partial charge in [0, 0.05) is 30.9 Å². The molecule has 7 heteroatoms. The van der Waals surface area contributed by atoms with Gasteiger partial charge >= 0.3 is 0 Å². The van der Waals surface area contributed by atoms with E-state index in [-0.39, 0.29) is 23.8 Å². The number of hydrogen-bond donors (Lipinski definition) is 1. The Morgan fingerprint density at radius 2 is 1.69 bits per heavy atom. The number of rotatable bonds is 9. The first-order chi connectivity index (χ1) is 18.7. The summed E-state index contributed by atoms with van der Waals surface area (Å²) in [5, 5.41) is 11.6. The van der Waals surface area contributed by atoms with E-state index >= 15 is 0 Å². The van der Waals surface area contributed by atoms with Gasteiger partial charge in [0.2, 0.25) is 0 Å². The molecular formula is C32H36N2O5. The van der Waals surface area contributed by atoms with Crippen LogP contribution in [-0.2, 0) is 16.1 Å². The molecule has 204 valence electrons. The monoisotopic (exact) mass is 528 g/mol. The summed E-state index contributed by atoms with van der Waals surface area (Å²) in [6.07, 6.45) is 0. The SMILES string of the molecule is CCOc1ccc(/C(O)=C2/C(=O)C(=O)N(Cc3ccccc3OC)C2c2ccc(N(C)C)cc2)cc1C(C)C. The fraction of sp³-hybridized carbons (Fsp3) is 0.312. The predicted octanol–water partition coefficient (Wildman–Crippen LogP) is 5.91. The lowest BCUT2D eigenvalue weighted by molar-refractivity contribution is -0.140. The Labute approximate surface area is 230 Å². The topological polar surface area (TPSA) is 79.3 Å². The summed E-state index contributed by atoms with van der Waals surface area (Å²) in [5.41, 5.74) is 3.91. The number of anilines is 1. The minimum atomic E-state index is -0.778. The summed E-state index contributed by atoms with van der Waals surface area (Å²) >= 11 is 0. The molecule has 0 bridgehead atoms. The molecule has 1 heterocycles. The minimum absolute atomic E-state index is 0.0615. The number of nitrogens with zero attached hydrogens (tertiary/aromatic N) is 2. The number of amides is 1. The molecule has 0 saturated carbocycles. The van der Waals surface area contributed by atoms with Gasteiger partial charge in [-0.3, -0.25) is 9.59 Å². The summed E-state index contributed by atoms with van der Waals surface area (Å²) in [5.74, 6) is -0.113. The number of para-hydroxylation sites is 1. The molecule has 39 heavy (non-hydrogen) atoms. The highest BCUT2D eigenvalue weighted by molar-refractivity contribution is 6.46. The summed E-state index contributed by atoms with van der Waals surface area (Å²) in [6.45, 7) is 6.66. The smallest absolute Gasteiger partial charge is 0.295 e. The first kappa shape index (κ1) is 27.8. The number of aliphatic hydroxyl groups is 1. The van der Waals surface area contributed by atoms with Crippen LogP contribution >= 0.6 is 0 Å². The lowest BCUT2D eigenvalue weighted by atomic mass is 9.93. The molecule has 7 nitrogen and oxygen atoms in total. The van der Waals surface area contributed by atoms with Crippen molar-refractivity contribution in [1.29, 1.82) is 0 Å². The van der Waals surface area contributed by atoms with Gasteiger partial charge in [0.1, 0.15) is 17.3 Å². The zero-order chi connectivity index (χ0) is 28.3. The Morgan fingerprint density at radius 1 is 1.00 bits per heavy atom. The molecule has 0 radical (unpaired) electrons. The number of hydrogen-bond acceptors (Lipinski definition) is 6. The second-order valence-electron chi connectivity index (χ2n) is 10.1. The third-order valence-corrected chi connectivity index (χ3v) is 7.00. The minimum Gasteiger partial charge on any atom is -0.507 e. The number of carbonyl (C=O) groups is 2. The molecule has 3 aromatic carbocycles. The average Bonchev–Trinajstić information content (AvgIpc) is 3.18. The van der Waals surface area contributed by atoms with Gasteiger partial charge < -0.3 is 24.4 Å². The fourth-order valence-electron chi connectivity index (χ4n) is 4.95. The summed E-state index contributed by atoms with van der Waals surface area (Å²) in [7, 11) is 5.46. The van der Waals surface area contributed by atoms with E-state index in [9.17, 15) is 14.7 Å². The molecule has 1 atom stereocenters. The second kappa shape index (κ2) is 11.6. The first-order valence-corrected chi connectivity index (χ1v) is 13.1. The number of methoxy groups -OCH3 is 1. The van der Waals surface area contributed by atoms with Crippen molar-refractivity contribution in [2.24, 2.45) is 0 Å². The van der Waals surface area contributed by atoms with Crippen molar-refractivity contribution < 1.29 is 24.2 Å². The Balaban J connectivity index is 1.88. The van der Waals surface area contributed by atoms with Crippen LogP contribution in [0.5, 0.6) is 11.5 Å². The largest absolute Gasteiger partial charge is 0.507 e. The average molecular weight is 529 g/mol. The van der Waals surface area contributed by atoms with Gasteiger partial charge in [-0.1, -0.05) is 44.2 Å². The molecule has 1 unspecified atom stereocenters. The highest BCUT2D eigenvalue weighted by Crippen LogP contribution is 2.42. The Kier molecular flexibility index (Phi) is 8.29. The molecule has 0 aromatic heterocycles. The quantitative estimate of drug-likeness (QED) is 0.211. The molecule has 1 amide bonds. The van der Waals surface area contributed by atoms with Crippen LogP contribution in [0, 0.1) is 0 Å². The van der Waals surface area contributed by atoms with E-state index < -0.39 is 17.7 Å². The molecule has 1 saturated heterocycles. The highest BCUT2D eigenvalue weighted by Gasteiger charge is 2.46. The number of Topliss-reactive ketones (excluding diaryl/α,β-unsaturated/α-hetero) is 1. The van der Waals surface area contributed by atoms with Crippen LogP contribution in [0.1, 0.15) is 55.0 Å². The number of aliphatic hydroxyl groups excluding tert-OH is 1. The molecule has 0 spiro atoms. The number of benzene rings is 3. The fourth-order valence-corrected chi connectivity index (χ4v) is 4.95. The molecule has 1 aliphatic heterocycles. The van der Waals surface area contributed by atoms with Crippen molar-refractivity contribution in [1.82, 2.24) is 4.90 Å². The van der Waals surface area contributed by atoms with E-state index in [4.69, 9.17) is 9.47 Å². The number of likely N-dealkylation sites (tertiary alicyclic amines) is 1. The standard InChI is InChI=1S/C32H36N2O5/c1-7-39-27-17-14-22(18-25(27)20(2)3)30(35)28-29(21-12-15-24(16-13-21)33(4)5)34(32(37)31(28)36)19-23-10-8-9-11-26(23)38-6/h8-18,20,29,35H,7,19H2,1-6H3/b30-28-. The molecule has 0 aliphatic carbocycles. The van der Waals surface area contributed by atoms with E-state index in [0.717, 1.165) is 28.1 Å². The van der Waals surface area contributed by atoms with Crippen LogP contribution < -0.4 is 14.4 Å². The van der Waals surface area contributed by atoms with Crippen molar-refractivity contribution in [2.75, 3.05) is 32.7 Å². The van der Waals surface area contributed by atoms with Crippen molar-refractivity contribution >= 4 is 23.1 Å². The molecule has 4 rings (SSSR count). The van der Waals surface area contributed by atoms with Gasteiger partial charge in [0.05, 0.1) is 31.9 Å². The molecular weight excluding hydrogens is 492 g/mol. The first-order valence-electron chi connectivity index (χ1n) is 13.1. The lowest BCUT2D eigenvalue weighted by Gasteiger charge is -2.26. The van der Waals surface area contributed by atoms with Crippen LogP contribution in [-0.4, -0.2) is 49.5 Å². The van der Waals surface area contributed by atoms with Gasteiger partial charge in [-0.05, 0) is 60.4 Å². The van der Waals surface area contributed by atoms with Gasteiger partial charge in [0.25, 0.3) is 11.7 Å². The molecule has 3 aromatic rings. The van der Waals surface area contributed by atoms with Crippen molar-refractivity contribution in [3.63, 3.8) is 0 Å². The molecule has 1 N–H and O–H groups in total. The van der Waals surface area contributed by atoms with E-state index in [1.165, 1.54) is 4.90 Å². The van der Waals surface area contributed by atoms with Crippen LogP contribution in [0.4, 0.5) is 5.69 Å². The number of ether oxygens (including phenoxy) is 2. The maximum absolute atomic E-state index is 13.5. The maximum Gasteiger partial charge on any atom is 0.295 e. The zero-order valence-corrected chi connectivity index (χ0v) is 23.4. The number of ketones is 1. The van der Waals surface area contributed by atoms with Crippen molar-refractivity contribution in [3.05, 3.63) is 94.6 Å². The van der Waals surface area contributed by atoms with Crippen LogP contribution in [0.3, 0.4) is 0 Å². The highest BCUT2D eigenvalue weighted by atomic mass is 16.5. The summed E-state index contributed by atoms with van der Waals surface area (Å²) in [6, 6.07) is 19.7. The van der Waals surface area contributed by atoms with Gasteiger partial charge in [-0.25, -0.2) is 0 Å². The zero-order valence-electron chi connectivity index (χ0n) is 23.4. The third-order valence-electron chi connectivity index (χ3n) is 7.00. The summed E-state index contributed by atoms with van der Waals surface area (Å²) < 4.78 is 11.3. The molecule has 1 aliphatic rings. The van der Waals surface area contributed by atoms with Gasteiger partial charge in [-0.2, -0.15) is 0 Å². The maximum atomic E-state index is 13.5. The van der Waals surface area contributed by atoms with Crippen LogP contribution in [0.25, 0.3) is 5.76 Å². The van der Waals surface area contributed by atoms with E-state index in [1.54, 1.807) is 19.2 Å². The van der Waals surface area contributed by atoms with Crippen molar-refractivity contribution in [3.8, 4) is 11.5 Å². The Bertz CT molecular complexity index is 1390. The van der Waals surface area contributed by atoms with E-state index in [2.05, 4.69) is 0 Å². The number of carbonyl (C=O) groups excluding carboxylic acids is 2. The van der Waals surface area contributed by atoms with Gasteiger partial charge in [-0.15, -0.1) is 0 Å². The van der Waals surface area contributed by atoms with Crippen molar-refractivity contribution in [2.45, 2.75) is 39.3 Å². The molecule has 1 fully saturated rings. The van der Waals surface area contributed by atoms with Crippen LogP contribution in [0.2, 0.25) is 0 Å². The van der Waals surface area contributed by atoms with E-state index in [1.807, 2.05) is 94.4 Å². The van der Waals surface area contributed by atoms with Gasteiger partial charge in [0.15, 0.2) is 0 Å². The van der Waals surface area contributed by atoms with E-state index in [0.29, 0.717) is 17.9 Å². The van der Waals surface area contributed by atoms with Crippen LogP contribution in [0.15, 0.2) is 72.3 Å². The summed E-state index contributed by atoms with van der Waals surface area (Å²) in [4.78, 5) is 30.5. The predicted molar refractivity (Wildman–Crippen MR) is 153 cm³/mol. The Morgan fingerprint density at radius 3 is 2.31 bits per heavy atom. The normalized spacial score (nSPS) is 16.6. The Hall–Kier alpha value is -4.26.